The van der Waals surface area contributed by atoms with Crippen LogP contribution in [0.15, 0.2) is 24.3 Å². The predicted molar refractivity (Wildman–Crippen MR) is 61.5 cm³/mol. The second-order valence-corrected chi connectivity index (χ2v) is 3.78. The maximum atomic E-state index is 11.6. The lowest BCUT2D eigenvalue weighted by atomic mass is 10.1. The van der Waals surface area contributed by atoms with Gasteiger partial charge in [-0.3, -0.25) is 0 Å². The fourth-order valence-electron chi connectivity index (χ4n) is 1.94. The quantitative estimate of drug-likeness (QED) is 0.797. The molecule has 88 valence electrons. The molecule has 1 unspecified atom stereocenters. The van der Waals surface area contributed by atoms with E-state index < -0.39 is 0 Å². The Labute approximate surface area is 99.6 Å². The summed E-state index contributed by atoms with van der Waals surface area (Å²) in [6, 6.07) is 9.20. The summed E-state index contributed by atoms with van der Waals surface area (Å²) < 4.78 is 5.25. The minimum atomic E-state index is -0.206. The van der Waals surface area contributed by atoms with Crippen LogP contribution in [0.25, 0.3) is 0 Å². The monoisotopic (exact) mass is 231 g/mol. The van der Waals surface area contributed by atoms with Gasteiger partial charge in [0.1, 0.15) is 12.3 Å². The molecule has 0 radical (unpaired) electrons. The van der Waals surface area contributed by atoms with Crippen LogP contribution in [0.3, 0.4) is 0 Å². The highest BCUT2D eigenvalue weighted by molar-refractivity contribution is 5.77. The van der Waals surface area contributed by atoms with Gasteiger partial charge in [0.25, 0.3) is 0 Å². The molecule has 1 aromatic carbocycles. The van der Waals surface area contributed by atoms with Gasteiger partial charge in [-0.05, 0) is 6.07 Å². The lowest BCUT2D eigenvalue weighted by Gasteiger charge is -2.14. The van der Waals surface area contributed by atoms with E-state index in [-0.39, 0.29) is 18.6 Å². The molecule has 0 bridgehead atoms. The Bertz CT molecular complexity index is 467. The van der Waals surface area contributed by atoms with Crippen molar-refractivity contribution in [3.8, 4) is 11.8 Å². The minimum Gasteiger partial charge on any atom is -0.496 e. The molecule has 0 aromatic heterocycles. The van der Waals surface area contributed by atoms with Gasteiger partial charge in [0.2, 0.25) is 0 Å². The maximum absolute atomic E-state index is 11.6. The molecule has 2 rings (SSSR count). The molecule has 17 heavy (non-hydrogen) atoms. The highest BCUT2D eigenvalue weighted by Crippen LogP contribution is 2.28. The molecular weight excluding hydrogens is 218 g/mol. The van der Waals surface area contributed by atoms with Gasteiger partial charge in [0.05, 0.1) is 19.2 Å². The second-order valence-electron chi connectivity index (χ2n) is 3.78. The number of nitrogens with one attached hydrogen (secondary N) is 1. The fourth-order valence-corrected chi connectivity index (χ4v) is 1.94. The Hall–Kier alpha value is -2.22. The van der Waals surface area contributed by atoms with Crippen LogP contribution >= 0.6 is 0 Å². The third-order valence-electron chi connectivity index (χ3n) is 2.76. The molecule has 1 heterocycles. The van der Waals surface area contributed by atoms with Crippen LogP contribution in [0.5, 0.6) is 5.75 Å². The Morgan fingerprint density at radius 3 is 3.06 bits per heavy atom. The van der Waals surface area contributed by atoms with Crippen LogP contribution in [-0.4, -0.2) is 31.1 Å². The third kappa shape index (κ3) is 2.16. The molecule has 0 spiro atoms. The summed E-state index contributed by atoms with van der Waals surface area (Å²) in [5.41, 5.74) is 0.934. The smallest absolute Gasteiger partial charge is 0.318 e. The van der Waals surface area contributed by atoms with Gasteiger partial charge in [0.15, 0.2) is 0 Å². The zero-order chi connectivity index (χ0) is 12.3. The highest BCUT2D eigenvalue weighted by Gasteiger charge is 2.30. The van der Waals surface area contributed by atoms with Crippen LogP contribution < -0.4 is 10.1 Å². The fraction of sp³-hybridized carbons (Fsp3) is 0.333. The van der Waals surface area contributed by atoms with Crippen molar-refractivity contribution in [2.24, 2.45) is 0 Å². The topological polar surface area (TPSA) is 65.4 Å². The van der Waals surface area contributed by atoms with E-state index in [1.54, 1.807) is 7.11 Å². The van der Waals surface area contributed by atoms with Gasteiger partial charge in [0, 0.05) is 12.1 Å². The SMILES string of the molecule is COc1ccccc1C1CN(CC#N)C(=O)N1. The Morgan fingerprint density at radius 1 is 1.59 bits per heavy atom. The van der Waals surface area contributed by atoms with E-state index in [1.165, 1.54) is 4.90 Å². The third-order valence-corrected chi connectivity index (χ3v) is 2.76. The number of rotatable bonds is 3. The average Bonchev–Trinajstić information content (AvgIpc) is 2.71. The number of para-hydroxylation sites is 1. The van der Waals surface area contributed by atoms with E-state index in [0.717, 1.165) is 11.3 Å². The standard InChI is InChI=1S/C12H13N3O2/c1-17-11-5-3-2-4-9(11)10-8-15(7-6-13)12(16)14-10/h2-5,10H,7-8H2,1H3,(H,14,16). The molecule has 1 aliphatic heterocycles. The summed E-state index contributed by atoms with van der Waals surface area (Å²) in [6.07, 6.45) is 0. The van der Waals surface area contributed by atoms with Gasteiger partial charge in [-0.15, -0.1) is 0 Å². The molecule has 1 saturated heterocycles. The number of nitriles is 1. The first kappa shape index (κ1) is 11.3. The van der Waals surface area contributed by atoms with Crippen molar-refractivity contribution < 1.29 is 9.53 Å². The number of hydrogen-bond acceptors (Lipinski definition) is 3. The van der Waals surface area contributed by atoms with Crippen molar-refractivity contribution in [2.45, 2.75) is 6.04 Å². The summed E-state index contributed by atoms with van der Waals surface area (Å²) in [7, 11) is 1.60. The van der Waals surface area contributed by atoms with Crippen molar-refractivity contribution >= 4 is 6.03 Å². The van der Waals surface area contributed by atoms with Crippen LogP contribution in [0.1, 0.15) is 11.6 Å². The van der Waals surface area contributed by atoms with Crippen molar-refractivity contribution in [3.63, 3.8) is 0 Å². The van der Waals surface area contributed by atoms with Crippen LogP contribution in [0, 0.1) is 11.3 Å². The number of hydrogen-bond donors (Lipinski definition) is 1. The summed E-state index contributed by atoms with van der Waals surface area (Å²) in [5, 5.41) is 11.4. The minimum absolute atomic E-state index is 0.109. The largest absolute Gasteiger partial charge is 0.496 e. The molecule has 0 aliphatic carbocycles. The Kier molecular flexibility index (Phi) is 3.15. The summed E-state index contributed by atoms with van der Waals surface area (Å²) in [4.78, 5) is 13.1. The highest BCUT2D eigenvalue weighted by atomic mass is 16.5. The van der Waals surface area contributed by atoms with Gasteiger partial charge in [-0.1, -0.05) is 18.2 Å². The van der Waals surface area contributed by atoms with Crippen molar-refractivity contribution in [1.29, 1.82) is 5.26 Å². The van der Waals surface area contributed by atoms with Crippen LogP contribution in [0.4, 0.5) is 4.79 Å². The van der Waals surface area contributed by atoms with Crippen molar-refractivity contribution in [3.05, 3.63) is 29.8 Å². The molecule has 1 atom stereocenters. The van der Waals surface area contributed by atoms with E-state index in [2.05, 4.69) is 5.32 Å². The number of methoxy groups -OCH3 is 1. The molecular formula is C12H13N3O2. The lowest BCUT2D eigenvalue weighted by Crippen LogP contribution is -2.28. The molecule has 1 aromatic rings. The second kappa shape index (κ2) is 4.74. The zero-order valence-corrected chi connectivity index (χ0v) is 9.51. The number of urea groups is 1. The van der Waals surface area contributed by atoms with E-state index in [9.17, 15) is 4.79 Å². The molecule has 1 fully saturated rings. The number of carbonyl (C=O) groups is 1. The van der Waals surface area contributed by atoms with Crippen LogP contribution in [-0.2, 0) is 0 Å². The van der Waals surface area contributed by atoms with E-state index in [1.807, 2.05) is 30.3 Å². The number of amides is 2. The van der Waals surface area contributed by atoms with Gasteiger partial charge in [-0.25, -0.2) is 4.79 Å². The summed E-state index contributed by atoms with van der Waals surface area (Å²) >= 11 is 0. The van der Waals surface area contributed by atoms with Gasteiger partial charge >= 0.3 is 6.03 Å². The normalized spacial score (nSPS) is 18.7. The first-order valence-corrected chi connectivity index (χ1v) is 5.31. The Morgan fingerprint density at radius 2 is 2.35 bits per heavy atom. The van der Waals surface area contributed by atoms with E-state index >= 15 is 0 Å². The average molecular weight is 231 g/mol. The number of nitrogens with zero attached hydrogens (tertiary/aromatic N) is 2. The first-order valence-electron chi connectivity index (χ1n) is 5.31. The van der Waals surface area contributed by atoms with Crippen molar-refractivity contribution in [2.75, 3.05) is 20.2 Å². The maximum Gasteiger partial charge on any atom is 0.318 e. The number of ether oxygens (including phenoxy) is 1. The van der Waals surface area contributed by atoms with E-state index in [0.29, 0.717) is 6.54 Å². The molecule has 1 aliphatic rings. The zero-order valence-electron chi connectivity index (χ0n) is 9.51. The van der Waals surface area contributed by atoms with Gasteiger partial charge < -0.3 is 15.0 Å². The number of carbonyl (C=O) groups excluding carboxylic acids is 1. The van der Waals surface area contributed by atoms with Gasteiger partial charge in [-0.2, -0.15) is 5.26 Å². The lowest BCUT2D eigenvalue weighted by molar-refractivity contribution is 0.222. The van der Waals surface area contributed by atoms with E-state index in [4.69, 9.17) is 10.00 Å². The molecule has 0 saturated carbocycles. The first-order chi connectivity index (χ1) is 8.26. The number of benzene rings is 1. The van der Waals surface area contributed by atoms with Crippen LogP contribution in [0.2, 0.25) is 0 Å². The Balaban J connectivity index is 2.20. The predicted octanol–water partition coefficient (Wildman–Crippen LogP) is 1.29. The molecule has 2 amide bonds. The molecule has 1 N–H and O–H groups in total. The molecule has 5 heteroatoms. The summed E-state index contributed by atoms with van der Waals surface area (Å²) in [6.45, 7) is 0.601. The molecule has 5 nitrogen and oxygen atoms in total. The summed E-state index contributed by atoms with van der Waals surface area (Å²) in [5.74, 6) is 0.747. The van der Waals surface area contributed by atoms with Crippen molar-refractivity contribution in [1.82, 2.24) is 10.2 Å².